The number of carbonyl (C=O) groups excluding carboxylic acids is 1. The van der Waals surface area contributed by atoms with Gasteiger partial charge in [-0.3, -0.25) is 9.48 Å². The summed E-state index contributed by atoms with van der Waals surface area (Å²) in [4.78, 5) is 14.5. The van der Waals surface area contributed by atoms with E-state index >= 15 is 0 Å². The zero-order valence-electron chi connectivity index (χ0n) is 15.7. The van der Waals surface area contributed by atoms with E-state index in [1.54, 1.807) is 32.6 Å². The molecular weight excluding hydrogens is 344 g/mol. The molecule has 1 unspecified atom stereocenters. The zero-order chi connectivity index (χ0) is 18.8. The molecule has 2 heterocycles. The molecule has 1 aliphatic rings. The third-order valence-electron chi connectivity index (χ3n) is 4.50. The van der Waals surface area contributed by atoms with E-state index in [9.17, 15) is 13.2 Å². The standard InChI is InChI=1S/C16H28N4O4S/c1-6-19(7-2)25(22,23)16-13(4)17-20(14(16)5)11-15(21)18-8-9-24-12(3)10-18/h12H,6-11H2,1-5H3. The molecule has 1 saturated heterocycles. The highest BCUT2D eigenvalue weighted by Gasteiger charge is 2.30. The van der Waals surface area contributed by atoms with Crippen molar-refractivity contribution in [3.05, 3.63) is 11.4 Å². The van der Waals surface area contributed by atoms with Gasteiger partial charge in [0.2, 0.25) is 15.9 Å². The van der Waals surface area contributed by atoms with Crippen molar-refractivity contribution in [2.24, 2.45) is 0 Å². The van der Waals surface area contributed by atoms with Gasteiger partial charge < -0.3 is 9.64 Å². The first-order valence-corrected chi connectivity index (χ1v) is 10.1. The first-order chi connectivity index (χ1) is 11.7. The second-order valence-corrected chi connectivity index (χ2v) is 8.14. The Hall–Kier alpha value is -1.45. The normalized spacial score (nSPS) is 18.8. The summed E-state index contributed by atoms with van der Waals surface area (Å²) in [6.45, 7) is 11.3. The predicted octanol–water partition coefficient (Wildman–Crippen LogP) is 0.778. The number of hydrogen-bond donors (Lipinski definition) is 0. The van der Waals surface area contributed by atoms with Crippen molar-refractivity contribution in [1.29, 1.82) is 0 Å². The van der Waals surface area contributed by atoms with Crippen LogP contribution in [0, 0.1) is 13.8 Å². The van der Waals surface area contributed by atoms with Crippen molar-refractivity contribution < 1.29 is 17.9 Å². The summed E-state index contributed by atoms with van der Waals surface area (Å²) < 4.78 is 34.0. The fraction of sp³-hybridized carbons (Fsp3) is 0.750. The second kappa shape index (κ2) is 7.84. The van der Waals surface area contributed by atoms with Crippen LogP contribution in [0.2, 0.25) is 0 Å². The van der Waals surface area contributed by atoms with Crippen LogP contribution < -0.4 is 0 Å². The molecule has 0 aliphatic carbocycles. The Morgan fingerprint density at radius 2 is 1.96 bits per heavy atom. The highest BCUT2D eigenvalue weighted by Crippen LogP contribution is 2.23. The third-order valence-corrected chi connectivity index (χ3v) is 6.80. The topological polar surface area (TPSA) is 84.7 Å². The zero-order valence-corrected chi connectivity index (χ0v) is 16.5. The molecule has 1 atom stereocenters. The summed E-state index contributed by atoms with van der Waals surface area (Å²) in [6, 6.07) is 0. The van der Waals surface area contributed by atoms with Gasteiger partial charge in [0.05, 0.1) is 24.1 Å². The van der Waals surface area contributed by atoms with Crippen LogP contribution in [-0.2, 0) is 26.1 Å². The van der Waals surface area contributed by atoms with Gasteiger partial charge >= 0.3 is 0 Å². The molecule has 1 amide bonds. The largest absolute Gasteiger partial charge is 0.375 e. The molecule has 1 aliphatic heterocycles. The van der Waals surface area contributed by atoms with Crippen LogP contribution in [0.15, 0.2) is 4.90 Å². The van der Waals surface area contributed by atoms with Crippen LogP contribution in [0.25, 0.3) is 0 Å². The van der Waals surface area contributed by atoms with Crippen molar-refractivity contribution in [1.82, 2.24) is 19.0 Å². The van der Waals surface area contributed by atoms with Gasteiger partial charge in [-0.25, -0.2) is 8.42 Å². The molecule has 0 N–H and O–H groups in total. The summed E-state index contributed by atoms with van der Waals surface area (Å²) in [5.74, 6) is -0.0764. The van der Waals surface area contributed by atoms with E-state index in [1.165, 1.54) is 8.99 Å². The number of rotatable bonds is 6. The van der Waals surface area contributed by atoms with Crippen LogP contribution in [0.3, 0.4) is 0 Å². The molecular formula is C16H28N4O4S. The van der Waals surface area contributed by atoms with Crippen LogP contribution in [0.5, 0.6) is 0 Å². The van der Waals surface area contributed by atoms with Gasteiger partial charge in [-0.2, -0.15) is 9.40 Å². The number of ether oxygens (including phenoxy) is 1. The Bertz CT molecular complexity index is 725. The van der Waals surface area contributed by atoms with Gasteiger partial charge in [0.1, 0.15) is 11.4 Å². The monoisotopic (exact) mass is 372 g/mol. The van der Waals surface area contributed by atoms with E-state index < -0.39 is 10.0 Å². The summed E-state index contributed by atoms with van der Waals surface area (Å²) in [5.41, 5.74) is 0.923. The lowest BCUT2D eigenvalue weighted by atomic mass is 10.3. The number of morpholine rings is 1. The lowest BCUT2D eigenvalue weighted by Crippen LogP contribution is -2.45. The quantitative estimate of drug-likeness (QED) is 0.737. The van der Waals surface area contributed by atoms with Crippen LogP contribution in [0.4, 0.5) is 0 Å². The Labute approximate surface area is 149 Å². The van der Waals surface area contributed by atoms with E-state index in [0.29, 0.717) is 44.2 Å². The highest BCUT2D eigenvalue weighted by atomic mass is 32.2. The molecule has 142 valence electrons. The molecule has 1 fully saturated rings. The highest BCUT2D eigenvalue weighted by molar-refractivity contribution is 7.89. The molecule has 0 aromatic carbocycles. The maximum Gasteiger partial charge on any atom is 0.246 e. The maximum atomic E-state index is 12.8. The molecule has 0 bridgehead atoms. The average Bonchev–Trinajstić information content (AvgIpc) is 2.82. The molecule has 2 rings (SSSR count). The minimum Gasteiger partial charge on any atom is -0.375 e. The molecule has 0 radical (unpaired) electrons. The summed E-state index contributed by atoms with van der Waals surface area (Å²) in [7, 11) is -3.61. The number of carbonyl (C=O) groups is 1. The van der Waals surface area contributed by atoms with E-state index in [2.05, 4.69) is 5.10 Å². The van der Waals surface area contributed by atoms with Gasteiger partial charge in [0.15, 0.2) is 0 Å². The second-order valence-electron chi connectivity index (χ2n) is 6.27. The molecule has 9 heteroatoms. The number of hydrogen-bond acceptors (Lipinski definition) is 5. The van der Waals surface area contributed by atoms with Crippen LogP contribution in [-0.4, -0.2) is 72.2 Å². The summed E-state index contributed by atoms with van der Waals surface area (Å²) in [6.07, 6.45) is 0.0109. The Morgan fingerprint density at radius 1 is 1.32 bits per heavy atom. The number of nitrogens with zero attached hydrogens (tertiary/aromatic N) is 4. The van der Waals surface area contributed by atoms with Crippen molar-refractivity contribution in [3.8, 4) is 0 Å². The molecule has 1 aromatic rings. The van der Waals surface area contributed by atoms with E-state index in [1.807, 2.05) is 6.92 Å². The summed E-state index contributed by atoms with van der Waals surface area (Å²) >= 11 is 0. The van der Waals surface area contributed by atoms with Crippen molar-refractivity contribution >= 4 is 15.9 Å². The fourth-order valence-corrected chi connectivity index (χ4v) is 5.00. The third kappa shape index (κ3) is 4.04. The number of sulfonamides is 1. The van der Waals surface area contributed by atoms with Crippen LogP contribution in [0.1, 0.15) is 32.2 Å². The minimum atomic E-state index is -3.61. The first-order valence-electron chi connectivity index (χ1n) is 8.65. The smallest absolute Gasteiger partial charge is 0.246 e. The van der Waals surface area contributed by atoms with E-state index in [4.69, 9.17) is 4.74 Å². The van der Waals surface area contributed by atoms with Crippen molar-refractivity contribution in [2.75, 3.05) is 32.8 Å². The van der Waals surface area contributed by atoms with E-state index in [-0.39, 0.29) is 23.5 Å². The Balaban J connectivity index is 2.26. The molecule has 25 heavy (non-hydrogen) atoms. The molecule has 8 nitrogen and oxygen atoms in total. The van der Waals surface area contributed by atoms with Gasteiger partial charge in [0, 0.05) is 26.2 Å². The van der Waals surface area contributed by atoms with Crippen molar-refractivity contribution in [3.63, 3.8) is 0 Å². The summed E-state index contributed by atoms with van der Waals surface area (Å²) in [5, 5.41) is 4.31. The van der Waals surface area contributed by atoms with Crippen LogP contribution >= 0.6 is 0 Å². The number of aryl methyl sites for hydroxylation is 1. The lowest BCUT2D eigenvalue weighted by molar-refractivity contribution is -0.139. The molecule has 0 saturated carbocycles. The van der Waals surface area contributed by atoms with Gasteiger partial charge in [-0.15, -0.1) is 0 Å². The SMILES string of the molecule is CCN(CC)S(=O)(=O)c1c(C)nn(CC(=O)N2CCOC(C)C2)c1C. The van der Waals surface area contributed by atoms with Gasteiger partial charge in [-0.1, -0.05) is 13.8 Å². The van der Waals surface area contributed by atoms with Gasteiger partial charge in [-0.05, 0) is 20.8 Å². The van der Waals surface area contributed by atoms with Gasteiger partial charge in [0.25, 0.3) is 0 Å². The average molecular weight is 372 g/mol. The molecule has 1 aromatic heterocycles. The molecule has 0 spiro atoms. The number of amides is 1. The maximum absolute atomic E-state index is 12.8. The predicted molar refractivity (Wildman–Crippen MR) is 93.8 cm³/mol. The minimum absolute atomic E-state index is 0.0109. The van der Waals surface area contributed by atoms with Crippen molar-refractivity contribution in [2.45, 2.75) is 52.2 Å². The van der Waals surface area contributed by atoms with E-state index in [0.717, 1.165) is 0 Å². The number of aromatic nitrogens is 2. The Morgan fingerprint density at radius 3 is 2.52 bits per heavy atom. The lowest BCUT2D eigenvalue weighted by Gasteiger charge is -2.31. The fourth-order valence-electron chi connectivity index (χ4n) is 3.17. The first kappa shape index (κ1) is 19.9. The Kier molecular flexibility index (Phi) is 6.23.